The van der Waals surface area contributed by atoms with Crippen LogP contribution in [0, 0.1) is 5.92 Å². The van der Waals surface area contributed by atoms with Crippen molar-refractivity contribution in [1.82, 2.24) is 24.6 Å². The van der Waals surface area contributed by atoms with Gasteiger partial charge in [-0.05, 0) is 61.2 Å². The lowest BCUT2D eigenvalue weighted by Gasteiger charge is -2.26. The summed E-state index contributed by atoms with van der Waals surface area (Å²) in [6.07, 6.45) is 0.628. The molecule has 2 N–H and O–H groups in total. The highest BCUT2D eigenvalue weighted by Gasteiger charge is 2.36. The van der Waals surface area contributed by atoms with Gasteiger partial charge in [-0.3, -0.25) is 14.3 Å². The van der Waals surface area contributed by atoms with Crippen LogP contribution in [0.15, 0.2) is 47.3 Å². The zero-order valence-corrected chi connectivity index (χ0v) is 22.6. The van der Waals surface area contributed by atoms with E-state index in [9.17, 15) is 24.3 Å². The van der Waals surface area contributed by atoms with Gasteiger partial charge >= 0.3 is 17.7 Å². The predicted molar refractivity (Wildman–Crippen MR) is 143 cm³/mol. The number of rotatable bonds is 8. The molecule has 39 heavy (non-hydrogen) atoms. The third-order valence-corrected chi connectivity index (χ3v) is 7.05. The number of hydrogen-bond acceptors (Lipinski definition) is 6. The Hall–Kier alpha value is -4.12. The highest BCUT2D eigenvalue weighted by molar-refractivity contribution is 6.30. The lowest BCUT2D eigenvalue weighted by atomic mass is 9.97. The molecule has 2 heterocycles. The van der Waals surface area contributed by atoms with Crippen LogP contribution < -0.4 is 15.7 Å². The molecule has 1 aliphatic rings. The van der Waals surface area contributed by atoms with Crippen LogP contribution in [0.25, 0.3) is 0 Å². The van der Waals surface area contributed by atoms with E-state index < -0.39 is 29.9 Å². The van der Waals surface area contributed by atoms with E-state index in [2.05, 4.69) is 10.4 Å². The fraction of sp³-hybridized carbons (Fsp3) is 0.370. The molecule has 0 unspecified atom stereocenters. The minimum Gasteiger partial charge on any atom is -0.496 e. The smallest absolute Gasteiger partial charge is 0.345 e. The molecule has 3 amide bonds. The van der Waals surface area contributed by atoms with Crippen molar-refractivity contribution in [3.05, 3.63) is 80.5 Å². The molecule has 4 rings (SSSR count). The number of amides is 3. The first-order valence-corrected chi connectivity index (χ1v) is 13.0. The van der Waals surface area contributed by atoms with Crippen LogP contribution in [-0.2, 0) is 30.8 Å². The number of benzene rings is 2. The number of methoxy groups -OCH3 is 1. The molecule has 0 radical (unpaired) electrons. The van der Waals surface area contributed by atoms with Gasteiger partial charge in [0.15, 0.2) is 5.82 Å². The van der Waals surface area contributed by atoms with Gasteiger partial charge in [0.05, 0.1) is 31.2 Å². The quantitative estimate of drug-likeness (QED) is 0.434. The van der Waals surface area contributed by atoms with E-state index in [1.165, 1.54) is 28.5 Å². The number of nitrogens with one attached hydrogen (secondary N) is 1. The molecule has 2 aromatic carbocycles. The van der Waals surface area contributed by atoms with Gasteiger partial charge in [-0.1, -0.05) is 30.7 Å². The number of urea groups is 1. The van der Waals surface area contributed by atoms with Crippen LogP contribution >= 0.6 is 11.6 Å². The number of aryl methyl sites for hydroxylation is 1. The first kappa shape index (κ1) is 27.9. The number of aromatic carboxylic acids is 1. The van der Waals surface area contributed by atoms with Crippen molar-refractivity contribution < 1.29 is 24.2 Å². The van der Waals surface area contributed by atoms with Crippen molar-refractivity contribution in [2.45, 2.75) is 52.4 Å². The van der Waals surface area contributed by atoms with Gasteiger partial charge in [-0.25, -0.2) is 19.1 Å². The molecule has 206 valence electrons. The molecule has 2 atom stereocenters. The third-order valence-electron chi connectivity index (χ3n) is 6.81. The van der Waals surface area contributed by atoms with Crippen LogP contribution in [0.3, 0.4) is 0 Å². The number of aromatic nitrogens is 3. The van der Waals surface area contributed by atoms with Crippen LogP contribution in [0.5, 0.6) is 5.75 Å². The predicted octanol–water partition coefficient (Wildman–Crippen LogP) is 3.49. The summed E-state index contributed by atoms with van der Waals surface area (Å²) in [7, 11) is 1.51. The number of carboxylic acids is 1. The van der Waals surface area contributed by atoms with E-state index >= 15 is 0 Å². The molecule has 0 spiro atoms. The Morgan fingerprint density at radius 3 is 2.64 bits per heavy atom. The Kier molecular flexibility index (Phi) is 8.39. The normalized spacial score (nSPS) is 15.8. The maximum absolute atomic E-state index is 13.8. The van der Waals surface area contributed by atoms with Crippen molar-refractivity contribution in [3.8, 4) is 5.75 Å². The van der Waals surface area contributed by atoms with E-state index in [0.29, 0.717) is 40.7 Å². The zero-order chi connectivity index (χ0) is 28.3. The number of nitrogens with zero attached hydrogens (tertiary/aromatic N) is 4. The van der Waals surface area contributed by atoms with E-state index in [4.69, 9.17) is 16.3 Å². The van der Waals surface area contributed by atoms with Gasteiger partial charge in [0.1, 0.15) is 5.75 Å². The summed E-state index contributed by atoms with van der Waals surface area (Å²) >= 11 is 6.21. The first-order chi connectivity index (χ1) is 18.7. The topological polar surface area (TPSA) is 136 Å². The largest absolute Gasteiger partial charge is 0.496 e. The molecule has 0 aliphatic carbocycles. The molecular formula is C27H30ClN5O6. The van der Waals surface area contributed by atoms with Gasteiger partial charge in [0, 0.05) is 18.1 Å². The second-order valence-electron chi connectivity index (χ2n) is 9.25. The minimum absolute atomic E-state index is 0.0321. The van der Waals surface area contributed by atoms with Gasteiger partial charge in [0.2, 0.25) is 5.91 Å². The SMILES string of the molecule is CC[C@@H](NC(=O)N1Cc2nn(CC)c(=O)n2C[C@H](Cc2cc(Cl)ccc2OC)C1=O)c1cccc(C(=O)O)c1. The number of fused-ring (bicyclic) bond motifs is 1. The van der Waals surface area contributed by atoms with Crippen molar-refractivity contribution >= 4 is 29.5 Å². The molecule has 0 bridgehead atoms. The fourth-order valence-electron chi connectivity index (χ4n) is 4.76. The molecule has 0 fully saturated rings. The average molecular weight is 556 g/mol. The van der Waals surface area contributed by atoms with Gasteiger partial charge in [-0.15, -0.1) is 0 Å². The standard InChI is InChI=1S/C27H30ClN5O6/c1-4-21(16-7-6-8-17(11-16)25(35)36)29-26(37)32-15-23-30-33(5-2)27(38)31(23)14-19(24(32)34)12-18-13-20(28)9-10-22(18)39-3/h6-11,13,19,21H,4-5,12,14-15H2,1-3H3,(H,29,37)(H,35,36)/t19-,21+/m0/s1. The van der Waals surface area contributed by atoms with Crippen molar-refractivity contribution in [1.29, 1.82) is 0 Å². The average Bonchev–Trinajstić information content (AvgIpc) is 3.15. The lowest BCUT2D eigenvalue weighted by molar-refractivity contribution is -0.132. The Morgan fingerprint density at radius 1 is 1.21 bits per heavy atom. The summed E-state index contributed by atoms with van der Waals surface area (Å²) in [6, 6.07) is 10.2. The molecule has 3 aromatic rings. The van der Waals surface area contributed by atoms with E-state index in [-0.39, 0.29) is 30.8 Å². The molecular weight excluding hydrogens is 526 g/mol. The van der Waals surface area contributed by atoms with Crippen LogP contribution in [0.4, 0.5) is 4.79 Å². The summed E-state index contributed by atoms with van der Waals surface area (Å²) in [5.74, 6) is -1.51. The van der Waals surface area contributed by atoms with Crippen LogP contribution in [0.2, 0.25) is 5.02 Å². The summed E-state index contributed by atoms with van der Waals surface area (Å²) in [6.45, 7) is 3.81. The maximum Gasteiger partial charge on any atom is 0.345 e. The molecule has 11 nitrogen and oxygen atoms in total. The number of ether oxygens (including phenoxy) is 1. The molecule has 12 heteroatoms. The number of imide groups is 1. The summed E-state index contributed by atoms with van der Waals surface area (Å²) in [4.78, 5) is 52.9. The summed E-state index contributed by atoms with van der Waals surface area (Å²) in [5.41, 5.74) is 0.999. The second-order valence-corrected chi connectivity index (χ2v) is 9.68. The molecule has 0 saturated carbocycles. The number of carbonyl (C=O) groups excluding carboxylic acids is 2. The van der Waals surface area contributed by atoms with E-state index in [0.717, 1.165) is 4.90 Å². The molecule has 1 aliphatic heterocycles. The number of carboxylic acid groups (broad SMARTS) is 1. The van der Waals surface area contributed by atoms with Crippen molar-refractivity contribution in [2.24, 2.45) is 5.92 Å². The lowest BCUT2D eigenvalue weighted by Crippen LogP contribution is -2.46. The third kappa shape index (κ3) is 5.83. The van der Waals surface area contributed by atoms with Crippen molar-refractivity contribution in [3.63, 3.8) is 0 Å². The van der Waals surface area contributed by atoms with Gasteiger partial charge in [0.25, 0.3) is 0 Å². The number of carbonyl (C=O) groups is 3. The molecule has 1 aromatic heterocycles. The first-order valence-electron chi connectivity index (χ1n) is 12.6. The van der Waals surface area contributed by atoms with E-state index in [1.807, 2.05) is 6.92 Å². The number of hydrogen-bond donors (Lipinski definition) is 2. The number of halogens is 1. The Morgan fingerprint density at radius 2 is 1.97 bits per heavy atom. The second kappa shape index (κ2) is 11.7. The van der Waals surface area contributed by atoms with Crippen LogP contribution in [-0.4, -0.2) is 49.4 Å². The minimum atomic E-state index is -1.08. The highest BCUT2D eigenvalue weighted by Crippen LogP contribution is 2.28. The van der Waals surface area contributed by atoms with Crippen LogP contribution in [0.1, 0.15) is 53.6 Å². The Labute approximate surface area is 229 Å². The summed E-state index contributed by atoms with van der Waals surface area (Å²) < 4.78 is 8.18. The molecule has 0 saturated heterocycles. The van der Waals surface area contributed by atoms with Gasteiger partial charge in [-0.2, -0.15) is 5.10 Å². The fourth-order valence-corrected chi connectivity index (χ4v) is 4.96. The van der Waals surface area contributed by atoms with Gasteiger partial charge < -0.3 is 15.2 Å². The highest BCUT2D eigenvalue weighted by atomic mass is 35.5. The maximum atomic E-state index is 13.8. The Balaban J connectivity index is 1.69. The Bertz CT molecular complexity index is 1470. The monoisotopic (exact) mass is 555 g/mol. The van der Waals surface area contributed by atoms with E-state index in [1.54, 1.807) is 37.3 Å². The summed E-state index contributed by atoms with van der Waals surface area (Å²) in [5, 5.41) is 17.0. The van der Waals surface area contributed by atoms with Crippen molar-refractivity contribution in [2.75, 3.05) is 7.11 Å². The zero-order valence-electron chi connectivity index (χ0n) is 21.9.